The monoisotopic (exact) mass is 644 g/mol. The fraction of sp³-hybridized carbons (Fsp3) is 1.00. The van der Waals surface area contributed by atoms with Crippen molar-refractivity contribution in [3.63, 3.8) is 0 Å². The highest BCUT2D eigenvalue weighted by Gasteiger charge is 2.36. The number of quaternary nitrogens is 2. The average Bonchev–Trinajstić information content (AvgIpc) is 3.49. The van der Waals surface area contributed by atoms with E-state index in [1.165, 1.54) is 125 Å². The van der Waals surface area contributed by atoms with Gasteiger partial charge in [0.15, 0.2) is 0 Å². The normalized spacial score (nSPS) is 26.0. The first-order valence-electron chi connectivity index (χ1n) is 13.5. The Bertz CT molecular complexity index is 404. The van der Waals surface area contributed by atoms with E-state index in [1.54, 1.807) is 38.8 Å². The van der Waals surface area contributed by atoms with Crippen LogP contribution < -0.4 is 48.0 Å². The van der Waals surface area contributed by atoms with Crippen LogP contribution in [-0.4, -0.2) is 61.3 Å². The molecule has 178 valence electrons. The Balaban J connectivity index is 0.00000160. The van der Waals surface area contributed by atoms with Crippen molar-refractivity contribution < 1.29 is 56.9 Å². The molecule has 2 saturated carbocycles. The third kappa shape index (κ3) is 8.00. The zero-order valence-electron chi connectivity index (χ0n) is 19.8. The zero-order valence-corrected chi connectivity index (χ0v) is 24.1. The fourth-order valence-corrected chi connectivity index (χ4v) is 7.74. The Labute approximate surface area is 222 Å². The lowest BCUT2D eigenvalue weighted by molar-refractivity contribution is -0.920. The van der Waals surface area contributed by atoms with E-state index >= 15 is 0 Å². The predicted molar refractivity (Wildman–Crippen MR) is 120 cm³/mol. The molecule has 4 heteroatoms. The van der Waals surface area contributed by atoms with Crippen molar-refractivity contribution in [2.45, 2.75) is 103 Å². The first-order valence-corrected chi connectivity index (χ1v) is 13.5. The molecule has 0 unspecified atom stereocenters. The van der Waals surface area contributed by atoms with Gasteiger partial charge in [0.05, 0.1) is 52.4 Å². The lowest BCUT2D eigenvalue weighted by Crippen LogP contribution is -3.00. The Morgan fingerprint density at radius 3 is 1.10 bits per heavy atom. The Kier molecular flexibility index (Phi) is 12.8. The Morgan fingerprint density at radius 1 is 0.433 bits per heavy atom. The van der Waals surface area contributed by atoms with Crippen molar-refractivity contribution in [2.75, 3.05) is 52.4 Å². The molecule has 0 bridgehead atoms. The summed E-state index contributed by atoms with van der Waals surface area (Å²) < 4.78 is 3.04. The van der Waals surface area contributed by atoms with E-state index < -0.39 is 0 Å². The number of likely N-dealkylation sites (tertiary alicyclic amines) is 2. The molecule has 2 saturated heterocycles. The van der Waals surface area contributed by atoms with Crippen molar-refractivity contribution in [1.82, 2.24) is 0 Å². The van der Waals surface area contributed by atoms with Crippen molar-refractivity contribution in [3.8, 4) is 0 Å². The number of halogens is 2. The van der Waals surface area contributed by atoms with E-state index in [2.05, 4.69) is 0 Å². The van der Waals surface area contributed by atoms with Gasteiger partial charge < -0.3 is 56.9 Å². The van der Waals surface area contributed by atoms with Crippen molar-refractivity contribution in [2.24, 2.45) is 11.8 Å². The van der Waals surface area contributed by atoms with Crippen molar-refractivity contribution in [3.05, 3.63) is 0 Å². The van der Waals surface area contributed by atoms with Gasteiger partial charge >= 0.3 is 0 Å². The second-order valence-electron chi connectivity index (χ2n) is 11.5. The summed E-state index contributed by atoms with van der Waals surface area (Å²) in [7, 11) is 0. The van der Waals surface area contributed by atoms with E-state index in [0.29, 0.717) is 0 Å². The van der Waals surface area contributed by atoms with Gasteiger partial charge in [0.25, 0.3) is 0 Å². The van der Waals surface area contributed by atoms with Crippen molar-refractivity contribution >= 4 is 0 Å². The van der Waals surface area contributed by atoms with Crippen LogP contribution >= 0.6 is 0 Å². The highest BCUT2D eigenvalue weighted by atomic mass is 127. The fourth-order valence-electron chi connectivity index (χ4n) is 7.74. The molecule has 0 aromatic rings. The van der Waals surface area contributed by atoms with Gasteiger partial charge in [0.1, 0.15) is 0 Å². The summed E-state index contributed by atoms with van der Waals surface area (Å²) in [5.41, 5.74) is 0. The molecular weight excluding hydrogens is 594 g/mol. The molecule has 2 heterocycles. The number of unbranched alkanes of at least 4 members (excludes halogenated alkanes) is 3. The first kappa shape index (κ1) is 27.6. The lowest BCUT2D eigenvalue weighted by atomic mass is 10.0. The highest BCUT2D eigenvalue weighted by Crippen LogP contribution is 2.32. The lowest BCUT2D eigenvalue weighted by Gasteiger charge is -2.37. The van der Waals surface area contributed by atoms with E-state index in [1.807, 2.05) is 0 Å². The molecule has 0 aromatic carbocycles. The molecular formula is C26H50I2N2. The smallest absolute Gasteiger partial charge is 0.0815 e. The van der Waals surface area contributed by atoms with Crippen molar-refractivity contribution in [1.29, 1.82) is 0 Å². The van der Waals surface area contributed by atoms with Crippen LogP contribution in [0.1, 0.15) is 103 Å². The summed E-state index contributed by atoms with van der Waals surface area (Å²) >= 11 is 0. The van der Waals surface area contributed by atoms with Crippen LogP contribution in [-0.2, 0) is 0 Å². The minimum Gasteiger partial charge on any atom is -1.00 e. The molecule has 2 aliphatic heterocycles. The maximum Gasteiger partial charge on any atom is 0.0815 e. The summed E-state index contributed by atoms with van der Waals surface area (Å²) in [6.45, 7) is 12.2. The van der Waals surface area contributed by atoms with Crippen LogP contribution in [0.25, 0.3) is 0 Å². The van der Waals surface area contributed by atoms with Gasteiger partial charge in [-0.25, -0.2) is 0 Å². The van der Waals surface area contributed by atoms with Gasteiger partial charge in [-0.05, 0) is 51.4 Å². The van der Waals surface area contributed by atoms with Crippen LogP contribution in [0.3, 0.4) is 0 Å². The molecule has 0 radical (unpaired) electrons. The van der Waals surface area contributed by atoms with E-state index in [4.69, 9.17) is 0 Å². The molecule has 30 heavy (non-hydrogen) atoms. The van der Waals surface area contributed by atoms with Gasteiger partial charge in [0.2, 0.25) is 0 Å². The first-order chi connectivity index (χ1) is 13.8. The van der Waals surface area contributed by atoms with Gasteiger partial charge in [-0.1, -0.05) is 25.7 Å². The second-order valence-corrected chi connectivity index (χ2v) is 11.5. The minimum atomic E-state index is 0. The SMILES string of the molecule is C(CCC[N+]1(CC2CCCC2)CCCC1)CC[N+]1(CC2CCCC2)CCCC1.[I-].[I-]. The standard InChI is InChI=1S/C26H50N2.2HI/c1(7-17-27(19-9-10-20-27)23-25-13-3-4-14-25)2-8-18-28(21-11-12-22-28)24-26-15-5-6-16-26;;/h25-26H,1-24H2;2*1H/q+2;;/p-2. The third-order valence-electron chi connectivity index (χ3n) is 9.29. The van der Waals surface area contributed by atoms with Gasteiger partial charge in [-0.15, -0.1) is 0 Å². The molecule has 0 atom stereocenters. The number of rotatable bonds is 11. The Morgan fingerprint density at radius 2 is 0.767 bits per heavy atom. The maximum atomic E-state index is 1.54. The minimum absolute atomic E-state index is 0. The summed E-state index contributed by atoms with van der Waals surface area (Å²) in [5, 5.41) is 0. The van der Waals surface area contributed by atoms with Crippen LogP contribution in [0.4, 0.5) is 0 Å². The van der Waals surface area contributed by atoms with E-state index in [0.717, 1.165) is 11.8 Å². The molecule has 0 N–H and O–H groups in total. The van der Waals surface area contributed by atoms with Crippen LogP contribution in [0.5, 0.6) is 0 Å². The summed E-state index contributed by atoms with van der Waals surface area (Å²) in [4.78, 5) is 0. The second kappa shape index (κ2) is 13.9. The van der Waals surface area contributed by atoms with Gasteiger partial charge in [-0.2, -0.15) is 0 Å². The number of nitrogens with zero attached hydrogens (tertiary/aromatic N) is 2. The summed E-state index contributed by atoms with van der Waals surface area (Å²) in [6, 6.07) is 0. The molecule has 4 aliphatic rings. The highest BCUT2D eigenvalue weighted by molar-refractivity contribution is 4.70. The molecule has 4 fully saturated rings. The van der Waals surface area contributed by atoms with E-state index in [9.17, 15) is 0 Å². The van der Waals surface area contributed by atoms with Crippen LogP contribution in [0.2, 0.25) is 0 Å². The molecule has 0 spiro atoms. The molecule has 2 nitrogen and oxygen atoms in total. The predicted octanol–water partition coefficient (Wildman–Crippen LogP) is 0.156. The van der Waals surface area contributed by atoms with Crippen LogP contribution in [0.15, 0.2) is 0 Å². The van der Waals surface area contributed by atoms with Crippen LogP contribution in [0, 0.1) is 11.8 Å². The van der Waals surface area contributed by atoms with Gasteiger partial charge in [-0.3, -0.25) is 0 Å². The number of hydrogen-bond acceptors (Lipinski definition) is 0. The number of hydrogen-bond donors (Lipinski definition) is 0. The average molecular weight is 645 g/mol. The molecule has 2 aliphatic carbocycles. The Hall–Kier alpha value is 1.38. The van der Waals surface area contributed by atoms with E-state index in [-0.39, 0.29) is 48.0 Å². The zero-order chi connectivity index (χ0) is 19.1. The van der Waals surface area contributed by atoms with Gasteiger partial charge in [0, 0.05) is 37.5 Å². The summed E-state index contributed by atoms with van der Waals surface area (Å²) in [6.07, 6.45) is 24.3. The molecule has 0 aromatic heterocycles. The third-order valence-corrected chi connectivity index (χ3v) is 9.29. The maximum absolute atomic E-state index is 1.54. The largest absolute Gasteiger partial charge is 1.00 e. The summed E-state index contributed by atoms with van der Waals surface area (Å²) in [5.74, 6) is 2.15. The molecule has 4 rings (SSSR count). The molecule has 0 amide bonds. The topological polar surface area (TPSA) is 0 Å². The quantitative estimate of drug-likeness (QED) is 0.171.